The molecule has 0 spiro atoms. The summed E-state index contributed by atoms with van der Waals surface area (Å²) in [5.41, 5.74) is 0.931. The van der Waals surface area contributed by atoms with Gasteiger partial charge in [0, 0.05) is 6.21 Å². The molecule has 1 aliphatic heterocycles. The zero-order chi connectivity index (χ0) is 15.2. The van der Waals surface area contributed by atoms with Crippen LogP contribution in [-0.2, 0) is 4.79 Å². The second kappa shape index (κ2) is 7.08. The van der Waals surface area contributed by atoms with E-state index in [1.54, 1.807) is 13.3 Å². The molecule has 1 aliphatic rings. The van der Waals surface area contributed by atoms with E-state index < -0.39 is 0 Å². The molecule has 5 nitrogen and oxygen atoms in total. The Morgan fingerprint density at radius 2 is 2.00 bits per heavy atom. The summed E-state index contributed by atoms with van der Waals surface area (Å²) in [4.78, 5) is 12.4. The summed E-state index contributed by atoms with van der Waals surface area (Å²) < 4.78 is 5.10. The number of hydrogen-bond donors (Lipinski definition) is 1. The minimum atomic E-state index is -0.158. The van der Waals surface area contributed by atoms with E-state index in [9.17, 15) is 4.79 Å². The van der Waals surface area contributed by atoms with Gasteiger partial charge in [0.15, 0.2) is 5.17 Å². The third-order valence-corrected chi connectivity index (χ3v) is 3.48. The van der Waals surface area contributed by atoms with Crippen LogP contribution >= 0.6 is 11.8 Å². The topological polar surface area (TPSA) is 63.1 Å². The summed E-state index contributed by atoms with van der Waals surface area (Å²) in [5.74, 6) is 0.950. The lowest BCUT2D eigenvalue weighted by Crippen LogP contribution is -2.19. The molecule has 1 saturated heterocycles. The van der Waals surface area contributed by atoms with Gasteiger partial charge in [-0.1, -0.05) is 26.0 Å². The van der Waals surface area contributed by atoms with Crippen molar-refractivity contribution in [1.82, 2.24) is 5.32 Å². The lowest BCUT2D eigenvalue weighted by molar-refractivity contribution is -0.115. The molecule has 0 unspecified atom stereocenters. The van der Waals surface area contributed by atoms with Crippen molar-refractivity contribution in [2.75, 3.05) is 7.11 Å². The molecule has 2 rings (SSSR count). The fraction of sp³-hybridized carbons (Fsp3) is 0.267. The zero-order valence-corrected chi connectivity index (χ0v) is 13.0. The molecule has 1 aromatic rings. The maximum Gasteiger partial charge on any atom is 0.264 e. The van der Waals surface area contributed by atoms with Gasteiger partial charge >= 0.3 is 0 Å². The summed E-state index contributed by atoms with van der Waals surface area (Å²) in [6.45, 7) is 4.03. The van der Waals surface area contributed by atoms with Crippen molar-refractivity contribution >= 4 is 35.1 Å². The number of nitrogens with one attached hydrogen (secondary N) is 1. The van der Waals surface area contributed by atoms with Crippen LogP contribution in [0, 0.1) is 5.92 Å². The van der Waals surface area contributed by atoms with E-state index >= 15 is 0 Å². The summed E-state index contributed by atoms with van der Waals surface area (Å²) in [7, 11) is 1.62. The molecule has 0 atom stereocenters. The van der Waals surface area contributed by atoms with Gasteiger partial charge in [0.05, 0.1) is 12.0 Å². The van der Waals surface area contributed by atoms with Crippen LogP contribution in [0.5, 0.6) is 5.75 Å². The van der Waals surface area contributed by atoms with E-state index in [-0.39, 0.29) is 5.91 Å². The van der Waals surface area contributed by atoms with Gasteiger partial charge in [-0.2, -0.15) is 5.10 Å². The standard InChI is InChI=1S/C15H17N3O2S/c1-10(2)9-16-18-15-17-14(19)13(21-15)8-11-4-6-12(20-3)7-5-11/h4-10H,1-3H3,(H,17,18,19). The zero-order valence-electron chi connectivity index (χ0n) is 12.2. The summed E-state index contributed by atoms with van der Waals surface area (Å²) in [6, 6.07) is 7.50. The fourth-order valence-electron chi connectivity index (χ4n) is 1.55. The van der Waals surface area contributed by atoms with Crippen molar-refractivity contribution < 1.29 is 9.53 Å². The first kappa shape index (κ1) is 15.3. The van der Waals surface area contributed by atoms with Crippen LogP contribution in [0.1, 0.15) is 19.4 Å². The van der Waals surface area contributed by atoms with Gasteiger partial charge in [0.2, 0.25) is 0 Å². The third kappa shape index (κ3) is 4.46. The Labute approximate surface area is 128 Å². The highest BCUT2D eigenvalue weighted by Gasteiger charge is 2.23. The summed E-state index contributed by atoms with van der Waals surface area (Å²) >= 11 is 1.28. The molecule has 0 saturated carbocycles. The Hall–Kier alpha value is -2.08. The molecule has 1 heterocycles. The van der Waals surface area contributed by atoms with E-state index in [4.69, 9.17) is 4.74 Å². The smallest absolute Gasteiger partial charge is 0.264 e. The van der Waals surface area contributed by atoms with Crippen molar-refractivity contribution in [3.8, 4) is 5.75 Å². The van der Waals surface area contributed by atoms with E-state index in [0.29, 0.717) is 16.0 Å². The largest absolute Gasteiger partial charge is 0.497 e. The lowest BCUT2D eigenvalue weighted by Gasteiger charge is -1.99. The number of amidine groups is 1. The number of hydrogen-bond acceptors (Lipinski definition) is 5. The van der Waals surface area contributed by atoms with E-state index in [1.807, 2.05) is 44.2 Å². The van der Waals surface area contributed by atoms with Crippen LogP contribution in [0.25, 0.3) is 6.08 Å². The average molecular weight is 303 g/mol. The number of rotatable bonds is 4. The second-order valence-corrected chi connectivity index (χ2v) is 5.78. The van der Waals surface area contributed by atoms with Crippen LogP contribution in [0.15, 0.2) is 39.4 Å². The minimum Gasteiger partial charge on any atom is -0.497 e. The highest BCUT2D eigenvalue weighted by molar-refractivity contribution is 8.18. The van der Waals surface area contributed by atoms with Gasteiger partial charge < -0.3 is 4.74 Å². The van der Waals surface area contributed by atoms with Crippen LogP contribution in [-0.4, -0.2) is 24.4 Å². The minimum absolute atomic E-state index is 0.158. The highest BCUT2D eigenvalue weighted by Crippen LogP contribution is 2.26. The molecular weight excluding hydrogens is 286 g/mol. The molecule has 0 radical (unpaired) electrons. The van der Waals surface area contributed by atoms with E-state index in [2.05, 4.69) is 15.5 Å². The molecule has 0 bridgehead atoms. The maximum absolute atomic E-state index is 11.9. The average Bonchev–Trinajstić information content (AvgIpc) is 2.79. The molecule has 1 fully saturated rings. The lowest BCUT2D eigenvalue weighted by atomic mass is 10.2. The first-order valence-electron chi connectivity index (χ1n) is 6.54. The monoisotopic (exact) mass is 303 g/mol. The van der Waals surface area contributed by atoms with Gasteiger partial charge in [0.1, 0.15) is 5.75 Å². The number of carbonyl (C=O) groups excluding carboxylic acids is 1. The first-order valence-corrected chi connectivity index (χ1v) is 7.36. The van der Waals surface area contributed by atoms with Crippen LogP contribution < -0.4 is 10.1 Å². The van der Waals surface area contributed by atoms with Gasteiger partial charge in [-0.15, -0.1) is 5.10 Å². The summed E-state index contributed by atoms with van der Waals surface area (Å²) in [5, 5.41) is 11.1. The van der Waals surface area contributed by atoms with Crippen molar-refractivity contribution in [3.63, 3.8) is 0 Å². The fourth-order valence-corrected chi connectivity index (χ4v) is 2.32. The molecular formula is C15H17N3O2S. The van der Waals surface area contributed by atoms with E-state index in [1.165, 1.54) is 11.8 Å². The molecule has 1 aromatic carbocycles. The predicted octanol–water partition coefficient (Wildman–Crippen LogP) is 2.90. The number of benzene rings is 1. The predicted molar refractivity (Wildman–Crippen MR) is 87.5 cm³/mol. The first-order chi connectivity index (χ1) is 10.1. The van der Waals surface area contributed by atoms with Gasteiger partial charge in [-0.25, -0.2) is 0 Å². The number of thioether (sulfide) groups is 1. The number of methoxy groups -OCH3 is 1. The normalized spacial score (nSPS) is 19.0. The molecule has 6 heteroatoms. The number of carbonyl (C=O) groups is 1. The molecule has 21 heavy (non-hydrogen) atoms. The molecule has 0 aliphatic carbocycles. The number of ether oxygens (including phenoxy) is 1. The number of amides is 1. The third-order valence-electron chi connectivity index (χ3n) is 2.58. The SMILES string of the molecule is COc1ccc(C=C2SC(=NN=CC(C)C)NC2=O)cc1. The van der Waals surface area contributed by atoms with Crippen molar-refractivity contribution in [2.24, 2.45) is 16.1 Å². The Bertz CT molecular complexity index is 604. The van der Waals surface area contributed by atoms with Crippen LogP contribution in [0.4, 0.5) is 0 Å². The Kier molecular flexibility index (Phi) is 5.16. The molecule has 1 amide bonds. The van der Waals surface area contributed by atoms with Crippen molar-refractivity contribution in [2.45, 2.75) is 13.8 Å². The maximum atomic E-state index is 11.9. The van der Waals surface area contributed by atoms with Crippen LogP contribution in [0.2, 0.25) is 0 Å². The quantitative estimate of drug-likeness (QED) is 0.528. The second-order valence-electron chi connectivity index (χ2n) is 4.75. The van der Waals surface area contributed by atoms with Gasteiger partial charge in [0.25, 0.3) is 5.91 Å². The van der Waals surface area contributed by atoms with Crippen molar-refractivity contribution in [1.29, 1.82) is 0 Å². The summed E-state index contributed by atoms with van der Waals surface area (Å²) in [6.07, 6.45) is 3.54. The van der Waals surface area contributed by atoms with E-state index in [0.717, 1.165) is 11.3 Å². The Morgan fingerprint density at radius 1 is 1.29 bits per heavy atom. The number of nitrogens with zero attached hydrogens (tertiary/aromatic N) is 2. The highest BCUT2D eigenvalue weighted by atomic mass is 32.2. The Balaban J connectivity index is 2.10. The molecule has 1 N–H and O–H groups in total. The molecule has 110 valence electrons. The van der Waals surface area contributed by atoms with Gasteiger partial charge in [-0.05, 0) is 41.5 Å². The van der Waals surface area contributed by atoms with Crippen LogP contribution in [0.3, 0.4) is 0 Å². The van der Waals surface area contributed by atoms with Gasteiger partial charge in [-0.3, -0.25) is 10.1 Å². The molecule has 0 aromatic heterocycles. The Morgan fingerprint density at radius 3 is 2.62 bits per heavy atom. The van der Waals surface area contributed by atoms with Crippen molar-refractivity contribution in [3.05, 3.63) is 34.7 Å².